The van der Waals surface area contributed by atoms with Crippen LogP contribution in [0.1, 0.15) is 32.1 Å². The molecule has 0 saturated carbocycles. The normalized spacial score (nSPS) is 14.0. The third-order valence-electron chi connectivity index (χ3n) is 5.13. The summed E-state index contributed by atoms with van der Waals surface area (Å²) in [6.07, 6.45) is -3.03. The number of aliphatic imine (C=N–C) groups is 1. The van der Waals surface area contributed by atoms with Gasteiger partial charge in [-0.05, 0) is 12.8 Å². The Bertz CT molecular complexity index is 1070. The fourth-order valence-corrected chi connectivity index (χ4v) is 3.35. The Labute approximate surface area is 243 Å². The van der Waals surface area contributed by atoms with Crippen LogP contribution in [0.15, 0.2) is 4.99 Å². The average Bonchev–Trinajstić information content (AvgIpc) is 2.86. The number of carboxylic acids is 4. The van der Waals surface area contributed by atoms with Gasteiger partial charge in [0.05, 0.1) is 25.3 Å². The van der Waals surface area contributed by atoms with Crippen molar-refractivity contribution < 1.29 is 58.8 Å². The molecule has 0 rings (SSSR count). The van der Waals surface area contributed by atoms with Crippen LogP contribution in [0.3, 0.4) is 0 Å². The molecule has 0 aliphatic rings. The number of nitrogens with one attached hydrogen (secondary N) is 4. The van der Waals surface area contributed by atoms with E-state index < -0.39 is 97.0 Å². The number of carboxylic acid groups (broad SMARTS) is 4. The van der Waals surface area contributed by atoms with E-state index in [4.69, 9.17) is 32.5 Å². The molecule has 0 heterocycles. The fourth-order valence-electron chi connectivity index (χ4n) is 3.10. The van der Waals surface area contributed by atoms with Crippen molar-refractivity contribution in [2.45, 2.75) is 62.3 Å². The van der Waals surface area contributed by atoms with Gasteiger partial charge in [0.1, 0.15) is 24.2 Å². The molecule has 0 radical (unpaired) electrons. The summed E-state index contributed by atoms with van der Waals surface area (Å²) in [5, 5.41) is 44.5. The van der Waals surface area contributed by atoms with Crippen molar-refractivity contribution in [1.82, 2.24) is 21.3 Å². The Hall–Kier alpha value is -4.66. The Kier molecular flexibility index (Phi) is 16.6. The molecule has 21 heteroatoms. The zero-order valence-electron chi connectivity index (χ0n) is 22.0. The average molecular weight is 623 g/mol. The lowest BCUT2D eigenvalue weighted by atomic mass is 10.1. The summed E-state index contributed by atoms with van der Waals surface area (Å²) in [4.78, 5) is 99.2. The Morgan fingerprint density at radius 2 is 1.05 bits per heavy atom. The van der Waals surface area contributed by atoms with Crippen LogP contribution in [0.2, 0.25) is 0 Å². The summed E-state index contributed by atoms with van der Waals surface area (Å²) in [5.74, 6) is -11.5. The van der Waals surface area contributed by atoms with Crippen molar-refractivity contribution in [3.05, 3.63) is 0 Å². The maximum atomic E-state index is 13.0. The number of guanidine groups is 1. The monoisotopic (exact) mass is 622 g/mol. The fraction of sp³-hybridized carbons (Fsp3) is 0.571. The second-order valence-corrected chi connectivity index (χ2v) is 8.98. The highest BCUT2D eigenvalue weighted by Crippen LogP contribution is 2.05. The Morgan fingerprint density at radius 3 is 1.43 bits per heavy atom. The topological polar surface area (TPSA) is 356 Å². The van der Waals surface area contributed by atoms with Gasteiger partial charge < -0.3 is 58.9 Å². The summed E-state index contributed by atoms with van der Waals surface area (Å²) >= 11 is 3.76. The third-order valence-corrected chi connectivity index (χ3v) is 5.50. The minimum Gasteiger partial charge on any atom is -0.481 e. The number of nitrogens with two attached hydrogens (primary N) is 3. The number of hydrogen-bond donors (Lipinski definition) is 12. The lowest BCUT2D eigenvalue weighted by Gasteiger charge is -2.25. The van der Waals surface area contributed by atoms with Gasteiger partial charge in [-0.15, -0.1) is 0 Å². The predicted octanol–water partition coefficient (Wildman–Crippen LogP) is -5.26. The number of aliphatic carboxylic acids is 4. The molecule has 14 N–H and O–H groups in total. The standard InChI is InChI=1S/C21H34N8O12S/c22-8(4-13(30)31)16(36)26-9(2-1-3-25-21(23)24)17(37)27-10(5-14(32)33)18(38)28-11(6-15(34)35)19(39)29-12(7-42)20(40)41/h8-12,42H,1-7,22H2,(H,26,36)(H,27,37)(H,28,38)(H,29,39)(H,30,31)(H,32,33)(H,34,35)(H,40,41)(H4,23,24,25)/t8-,9-,10-,11-,12-/m0/s1. The van der Waals surface area contributed by atoms with Crippen LogP contribution in [-0.4, -0.2) is 116 Å². The summed E-state index contributed by atoms with van der Waals surface area (Å²) in [6, 6.07) is -8.45. The molecule has 0 aromatic rings. The van der Waals surface area contributed by atoms with Crippen LogP contribution in [0.5, 0.6) is 0 Å². The van der Waals surface area contributed by atoms with Crippen molar-refractivity contribution in [3.8, 4) is 0 Å². The van der Waals surface area contributed by atoms with E-state index in [-0.39, 0.29) is 31.1 Å². The highest BCUT2D eigenvalue weighted by atomic mass is 32.1. The molecule has 0 saturated heterocycles. The second kappa shape index (κ2) is 18.6. The minimum atomic E-state index is -1.93. The van der Waals surface area contributed by atoms with Gasteiger partial charge in [-0.25, -0.2) is 4.79 Å². The van der Waals surface area contributed by atoms with E-state index in [0.29, 0.717) is 0 Å². The summed E-state index contributed by atoms with van der Waals surface area (Å²) in [5.41, 5.74) is 16.0. The first-order valence-electron chi connectivity index (χ1n) is 12.0. The molecule has 0 unspecified atom stereocenters. The molecule has 0 bridgehead atoms. The van der Waals surface area contributed by atoms with Crippen LogP contribution in [0.25, 0.3) is 0 Å². The van der Waals surface area contributed by atoms with Crippen molar-refractivity contribution >= 4 is 66.1 Å². The number of rotatable bonds is 20. The molecule has 4 amide bonds. The number of nitrogens with zero attached hydrogens (tertiary/aromatic N) is 1. The molecule has 0 aromatic carbocycles. The van der Waals surface area contributed by atoms with Crippen molar-refractivity contribution in [1.29, 1.82) is 0 Å². The van der Waals surface area contributed by atoms with Crippen LogP contribution < -0.4 is 38.5 Å². The molecule has 42 heavy (non-hydrogen) atoms. The zero-order valence-corrected chi connectivity index (χ0v) is 22.9. The Morgan fingerprint density at radius 1 is 0.643 bits per heavy atom. The maximum absolute atomic E-state index is 13.0. The van der Waals surface area contributed by atoms with E-state index in [9.17, 15) is 43.5 Å². The zero-order chi connectivity index (χ0) is 32.6. The highest BCUT2D eigenvalue weighted by molar-refractivity contribution is 7.80. The van der Waals surface area contributed by atoms with E-state index >= 15 is 0 Å². The van der Waals surface area contributed by atoms with E-state index in [1.807, 2.05) is 10.6 Å². The first-order valence-corrected chi connectivity index (χ1v) is 12.6. The van der Waals surface area contributed by atoms with E-state index in [0.717, 1.165) is 0 Å². The highest BCUT2D eigenvalue weighted by Gasteiger charge is 2.33. The van der Waals surface area contributed by atoms with Crippen molar-refractivity contribution in [2.24, 2.45) is 22.2 Å². The van der Waals surface area contributed by atoms with Gasteiger partial charge in [0.25, 0.3) is 0 Å². The molecule has 0 aromatic heterocycles. The molecular weight excluding hydrogens is 588 g/mol. The lowest BCUT2D eigenvalue weighted by molar-refractivity contribution is -0.144. The van der Waals surface area contributed by atoms with Crippen LogP contribution in [-0.2, 0) is 38.4 Å². The van der Waals surface area contributed by atoms with E-state index in [1.54, 1.807) is 0 Å². The van der Waals surface area contributed by atoms with Gasteiger partial charge >= 0.3 is 23.9 Å². The largest absolute Gasteiger partial charge is 0.481 e. The number of carbonyl (C=O) groups excluding carboxylic acids is 4. The molecule has 0 aliphatic carbocycles. The van der Waals surface area contributed by atoms with Gasteiger partial charge in [-0.3, -0.25) is 38.6 Å². The van der Waals surface area contributed by atoms with Gasteiger partial charge in [-0.1, -0.05) is 0 Å². The molecule has 236 valence electrons. The van der Waals surface area contributed by atoms with Crippen LogP contribution >= 0.6 is 12.6 Å². The number of hydrogen-bond acceptors (Lipinski definition) is 11. The maximum Gasteiger partial charge on any atom is 0.327 e. The van der Waals surface area contributed by atoms with Gasteiger partial charge in [0.2, 0.25) is 23.6 Å². The first kappa shape index (κ1) is 37.3. The van der Waals surface area contributed by atoms with Crippen LogP contribution in [0.4, 0.5) is 0 Å². The molecule has 5 atom stereocenters. The number of amides is 4. The van der Waals surface area contributed by atoms with Crippen LogP contribution in [0, 0.1) is 0 Å². The van der Waals surface area contributed by atoms with Gasteiger partial charge in [-0.2, -0.15) is 12.6 Å². The van der Waals surface area contributed by atoms with Gasteiger partial charge in [0.15, 0.2) is 5.96 Å². The summed E-state index contributed by atoms with van der Waals surface area (Å²) in [7, 11) is 0. The molecule has 20 nitrogen and oxygen atoms in total. The molecular formula is C21H34N8O12S. The first-order chi connectivity index (χ1) is 19.5. The van der Waals surface area contributed by atoms with Gasteiger partial charge in [0, 0.05) is 12.3 Å². The SMILES string of the molecule is NC(N)=NCCC[C@H](NC(=O)[C@@H](N)CC(=O)O)C(=O)N[C@@H](CC(=O)O)C(=O)N[C@@H](CC(=O)O)C(=O)N[C@@H](CS)C(=O)O. The van der Waals surface area contributed by atoms with E-state index in [1.165, 1.54) is 0 Å². The third kappa shape index (κ3) is 15.2. The summed E-state index contributed by atoms with van der Waals surface area (Å²) in [6.45, 7) is -0.0161. The lowest BCUT2D eigenvalue weighted by Crippen LogP contribution is -2.59. The second-order valence-electron chi connectivity index (χ2n) is 8.61. The number of thiol groups is 1. The Balaban J connectivity index is 5.94. The van der Waals surface area contributed by atoms with E-state index in [2.05, 4.69) is 28.3 Å². The molecule has 0 aliphatic heterocycles. The van der Waals surface area contributed by atoms with Crippen molar-refractivity contribution in [3.63, 3.8) is 0 Å². The molecule has 0 fully saturated rings. The predicted molar refractivity (Wildman–Crippen MR) is 144 cm³/mol. The summed E-state index contributed by atoms with van der Waals surface area (Å²) < 4.78 is 0. The minimum absolute atomic E-state index is 0.0161. The molecule has 0 spiro atoms. The number of carbonyl (C=O) groups is 8. The quantitative estimate of drug-likeness (QED) is 0.0261. The van der Waals surface area contributed by atoms with Crippen molar-refractivity contribution in [2.75, 3.05) is 12.3 Å². The smallest absolute Gasteiger partial charge is 0.327 e.